The van der Waals surface area contributed by atoms with Gasteiger partial charge < -0.3 is 10.1 Å². The predicted molar refractivity (Wildman–Crippen MR) is 132 cm³/mol. The van der Waals surface area contributed by atoms with Gasteiger partial charge in [0.2, 0.25) is 0 Å². The van der Waals surface area contributed by atoms with Crippen LogP contribution in [0.1, 0.15) is 5.56 Å². The van der Waals surface area contributed by atoms with Crippen LogP contribution in [0.5, 0.6) is 0 Å². The number of nitrogens with zero attached hydrogens (tertiary/aromatic N) is 3. The molecule has 0 atom stereocenters. The molecule has 38 heavy (non-hydrogen) atoms. The van der Waals surface area contributed by atoms with E-state index in [2.05, 4.69) is 19.9 Å². The lowest BCUT2D eigenvalue weighted by Gasteiger charge is -2.08. The average Bonchev–Trinajstić information content (AvgIpc) is 3.21. The highest BCUT2D eigenvalue weighted by molar-refractivity contribution is 7.89. The van der Waals surface area contributed by atoms with Crippen LogP contribution < -0.4 is 0 Å². The van der Waals surface area contributed by atoms with Gasteiger partial charge in [-0.15, -0.1) is 0 Å². The first-order chi connectivity index (χ1) is 17.8. The molecule has 0 saturated heterocycles. The fourth-order valence-electron chi connectivity index (χ4n) is 3.81. The van der Waals surface area contributed by atoms with E-state index < -0.39 is 27.8 Å². The standard InChI is InChI=1S/C23H17FN4O2S.C2HF3O2/c1-31(29,30)13-14-4-2-5-15(8-14)21-18(24)11-27-23-22(21)17-9-19(26-12-20(17)28-23)16-6-3-7-25-10-16;3-2(4,5)1(6)7/h2-12H,13H2,1H3,(H,27,28);(H,6,7). The number of aromatic nitrogens is 4. The van der Waals surface area contributed by atoms with Gasteiger partial charge >= 0.3 is 12.1 Å². The summed E-state index contributed by atoms with van der Waals surface area (Å²) in [7, 11) is -3.22. The third-order valence-electron chi connectivity index (χ3n) is 5.30. The van der Waals surface area contributed by atoms with Crippen LogP contribution in [0.15, 0.2) is 67.3 Å². The highest BCUT2D eigenvalue weighted by Gasteiger charge is 2.38. The van der Waals surface area contributed by atoms with Crippen molar-refractivity contribution in [1.82, 2.24) is 19.9 Å². The quantitative estimate of drug-likeness (QED) is 0.298. The number of hydrogen-bond donors (Lipinski definition) is 2. The second-order valence-electron chi connectivity index (χ2n) is 8.26. The molecule has 0 amide bonds. The molecule has 0 aliphatic rings. The summed E-state index contributed by atoms with van der Waals surface area (Å²) in [4.78, 5) is 24.9. The van der Waals surface area contributed by atoms with E-state index in [4.69, 9.17) is 9.90 Å². The van der Waals surface area contributed by atoms with E-state index in [0.29, 0.717) is 33.4 Å². The fraction of sp³-hybridized carbons (Fsp3) is 0.120. The second-order valence-corrected chi connectivity index (χ2v) is 10.4. The molecule has 0 aliphatic carbocycles. The van der Waals surface area contributed by atoms with Gasteiger partial charge in [0.25, 0.3) is 0 Å². The average molecular weight is 547 g/mol. The molecule has 1 aromatic carbocycles. The number of fused-ring (bicyclic) bond motifs is 3. The Bertz CT molecular complexity index is 1750. The molecule has 0 aliphatic heterocycles. The number of H-pyrrole nitrogens is 1. The van der Waals surface area contributed by atoms with Crippen LogP contribution in [0.2, 0.25) is 0 Å². The lowest BCUT2D eigenvalue weighted by molar-refractivity contribution is -0.192. The molecule has 8 nitrogen and oxygen atoms in total. The first-order valence-corrected chi connectivity index (χ1v) is 12.8. The molecule has 196 valence electrons. The molecule has 0 radical (unpaired) electrons. The molecule has 5 rings (SSSR count). The van der Waals surface area contributed by atoms with Gasteiger partial charge in [0, 0.05) is 40.5 Å². The summed E-state index contributed by atoms with van der Waals surface area (Å²) in [5, 5.41) is 8.53. The highest BCUT2D eigenvalue weighted by Crippen LogP contribution is 2.36. The van der Waals surface area contributed by atoms with E-state index in [-0.39, 0.29) is 5.75 Å². The van der Waals surface area contributed by atoms with Crippen molar-refractivity contribution in [3.05, 3.63) is 78.6 Å². The SMILES string of the molecule is CS(=O)(=O)Cc1cccc(-c2c(F)cnc3[nH]c4cnc(-c5cccnc5)cc4c23)c1.O=C(O)C(F)(F)F. The summed E-state index contributed by atoms with van der Waals surface area (Å²) >= 11 is 0. The van der Waals surface area contributed by atoms with Crippen molar-refractivity contribution in [1.29, 1.82) is 0 Å². The first-order valence-electron chi connectivity index (χ1n) is 10.8. The molecular weight excluding hydrogens is 528 g/mol. The molecule has 4 aromatic heterocycles. The molecule has 4 heterocycles. The number of nitrogens with one attached hydrogen (secondary N) is 1. The molecule has 0 unspecified atom stereocenters. The van der Waals surface area contributed by atoms with E-state index in [0.717, 1.165) is 16.5 Å². The summed E-state index contributed by atoms with van der Waals surface area (Å²) in [5.41, 5.74) is 4.38. The van der Waals surface area contributed by atoms with E-state index >= 15 is 4.39 Å². The van der Waals surface area contributed by atoms with Crippen LogP contribution in [-0.4, -0.2) is 51.9 Å². The van der Waals surface area contributed by atoms with E-state index in [1.54, 1.807) is 42.9 Å². The van der Waals surface area contributed by atoms with Crippen LogP contribution in [0.4, 0.5) is 17.6 Å². The number of halogens is 4. The van der Waals surface area contributed by atoms with Crippen molar-refractivity contribution >= 4 is 37.7 Å². The minimum atomic E-state index is -5.08. The van der Waals surface area contributed by atoms with Crippen molar-refractivity contribution in [3.8, 4) is 22.4 Å². The topological polar surface area (TPSA) is 126 Å². The Morgan fingerprint density at radius 3 is 2.37 bits per heavy atom. The largest absolute Gasteiger partial charge is 0.490 e. The van der Waals surface area contributed by atoms with Gasteiger partial charge in [-0.1, -0.05) is 24.3 Å². The molecule has 0 spiro atoms. The smallest absolute Gasteiger partial charge is 0.475 e. The Morgan fingerprint density at radius 2 is 1.74 bits per heavy atom. The number of pyridine rings is 3. The number of alkyl halides is 3. The fourth-order valence-corrected chi connectivity index (χ4v) is 4.59. The number of carbonyl (C=O) groups is 1. The van der Waals surface area contributed by atoms with Crippen LogP contribution >= 0.6 is 0 Å². The predicted octanol–water partition coefficient (Wildman–Crippen LogP) is 5.16. The van der Waals surface area contributed by atoms with E-state index in [1.807, 2.05) is 18.2 Å². The number of carboxylic acid groups (broad SMARTS) is 1. The molecule has 0 fully saturated rings. The van der Waals surface area contributed by atoms with Gasteiger partial charge in [-0.05, 0) is 29.3 Å². The Labute approximate surface area is 212 Å². The van der Waals surface area contributed by atoms with Gasteiger partial charge in [0.05, 0.1) is 29.4 Å². The monoisotopic (exact) mass is 546 g/mol. The molecule has 5 aromatic rings. The van der Waals surface area contributed by atoms with Crippen molar-refractivity contribution < 1.29 is 35.9 Å². The summed E-state index contributed by atoms with van der Waals surface area (Å²) in [6, 6.07) is 12.6. The van der Waals surface area contributed by atoms with Crippen molar-refractivity contribution in [2.75, 3.05) is 6.26 Å². The van der Waals surface area contributed by atoms with Crippen LogP contribution in [0.3, 0.4) is 0 Å². The number of aromatic amines is 1. The van der Waals surface area contributed by atoms with Gasteiger partial charge in [0.15, 0.2) is 9.84 Å². The van der Waals surface area contributed by atoms with Gasteiger partial charge in [-0.25, -0.2) is 22.6 Å². The third kappa shape index (κ3) is 5.94. The number of benzene rings is 1. The Morgan fingerprint density at radius 1 is 1.03 bits per heavy atom. The summed E-state index contributed by atoms with van der Waals surface area (Å²) in [6.45, 7) is 0. The first kappa shape index (κ1) is 26.7. The lowest BCUT2D eigenvalue weighted by Crippen LogP contribution is -2.21. The summed E-state index contributed by atoms with van der Waals surface area (Å²) < 4.78 is 70.3. The van der Waals surface area contributed by atoms with Gasteiger partial charge in [-0.3, -0.25) is 9.97 Å². The minimum Gasteiger partial charge on any atom is -0.475 e. The Hall–Kier alpha value is -4.39. The lowest BCUT2D eigenvalue weighted by atomic mass is 9.99. The zero-order valence-corrected chi connectivity index (χ0v) is 20.3. The van der Waals surface area contributed by atoms with Crippen molar-refractivity contribution in [2.45, 2.75) is 11.9 Å². The molecule has 0 saturated carbocycles. The number of aliphatic carboxylic acids is 1. The summed E-state index contributed by atoms with van der Waals surface area (Å²) in [6.07, 6.45) is 2.37. The van der Waals surface area contributed by atoms with Crippen LogP contribution in [-0.2, 0) is 20.4 Å². The zero-order valence-electron chi connectivity index (χ0n) is 19.5. The second kappa shape index (κ2) is 10.2. The van der Waals surface area contributed by atoms with Crippen LogP contribution in [0.25, 0.3) is 44.3 Å². The third-order valence-corrected chi connectivity index (χ3v) is 6.16. The number of hydrogen-bond acceptors (Lipinski definition) is 6. The normalized spacial score (nSPS) is 11.8. The zero-order chi connectivity index (χ0) is 27.7. The minimum absolute atomic E-state index is 0.111. The Kier molecular flexibility index (Phi) is 7.14. The molecular formula is C25H18F4N4O4S. The maximum atomic E-state index is 15.1. The molecule has 2 N–H and O–H groups in total. The summed E-state index contributed by atoms with van der Waals surface area (Å²) in [5.74, 6) is -3.35. The Balaban J connectivity index is 0.000000426. The maximum Gasteiger partial charge on any atom is 0.490 e. The van der Waals surface area contributed by atoms with Crippen LogP contribution in [0, 0.1) is 5.82 Å². The van der Waals surface area contributed by atoms with Gasteiger partial charge in [0.1, 0.15) is 11.5 Å². The van der Waals surface area contributed by atoms with Crippen molar-refractivity contribution in [3.63, 3.8) is 0 Å². The number of sulfone groups is 1. The molecule has 0 bridgehead atoms. The molecule has 13 heteroatoms. The highest BCUT2D eigenvalue weighted by atomic mass is 32.2. The van der Waals surface area contributed by atoms with Gasteiger partial charge in [-0.2, -0.15) is 13.2 Å². The van der Waals surface area contributed by atoms with Crippen molar-refractivity contribution in [2.24, 2.45) is 0 Å². The van der Waals surface area contributed by atoms with E-state index in [9.17, 15) is 21.6 Å². The number of rotatable bonds is 4. The van der Waals surface area contributed by atoms with E-state index in [1.165, 1.54) is 12.5 Å². The number of carboxylic acids is 1. The maximum absolute atomic E-state index is 15.1.